The van der Waals surface area contributed by atoms with Crippen LogP contribution in [0.2, 0.25) is 5.02 Å². The van der Waals surface area contributed by atoms with Gasteiger partial charge >= 0.3 is 0 Å². The molecule has 1 aliphatic rings. The van der Waals surface area contributed by atoms with Crippen molar-refractivity contribution in [2.24, 2.45) is 0 Å². The Morgan fingerprint density at radius 3 is 2.72 bits per heavy atom. The fourth-order valence-corrected chi connectivity index (χ4v) is 3.93. The summed E-state index contributed by atoms with van der Waals surface area (Å²) < 4.78 is 36.9. The molecule has 0 bridgehead atoms. The molecule has 0 atom stereocenters. The number of carbonyl (C=O) groups is 1. The molecule has 1 saturated heterocycles. The molecule has 1 aromatic carbocycles. The number of benzene rings is 1. The van der Waals surface area contributed by atoms with Crippen molar-refractivity contribution in [3.63, 3.8) is 0 Å². The number of rotatable bonds is 8. The van der Waals surface area contributed by atoms with Crippen molar-refractivity contribution in [1.82, 2.24) is 9.62 Å². The number of hydrogen-bond acceptors (Lipinski definition) is 6. The van der Waals surface area contributed by atoms with Gasteiger partial charge in [-0.05, 0) is 24.6 Å². The minimum atomic E-state index is -3.64. The van der Waals surface area contributed by atoms with Crippen LogP contribution in [0.4, 0.5) is 0 Å². The fourth-order valence-electron chi connectivity index (χ4n) is 2.20. The number of carbonyl (C=O) groups excluding carboxylic acids is 1. The van der Waals surface area contributed by atoms with Crippen molar-refractivity contribution in [1.29, 1.82) is 0 Å². The molecule has 0 radical (unpaired) electrons. The smallest absolute Gasteiger partial charge is 0.257 e. The Balaban J connectivity index is 1.99. The SMILES string of the molecule is O=C(COc1ccc(S(=O)(=O)N2CCOCC2)cc1Cl)NCCCO. The minimum absolute atomic E-state index is 0.00789. The van der Waals surface area contributed by atoms with E-state index in [-0.39, 0.29) is 34.8 Å². The van der Waals surface area contributed by atoms with Crippen LogP contribution >= 0.6 is 11.6 Å². The van der Waals surface area contributed by atoms with Crippen LogP contribution in [0.3, 0.4) is 0 Å². The summed E-state index contributed by atoms with van der Waals surface area (Å²) >= 11 is 6.09. The molecule has 1 heterocycles. The summed E-state index contributed by atoms with van der Waals surface area (Å²) in [5.74, 6) is -0.130. The number of aliphatic hydroxyl groups is 1. The molecule has 0 aliphatic carbocycles. The summed E-state index contributed by atoms with van der Waals surface area (Å²) in [5, 5.41) is 11.3. The van der Waals surface area contributed by atoms with Crippen molar-refractivity contribution in [2.75, 3.05) is 46.1 Å². The van der Waals surface area contributed by atoms with Gasteiger partial charge in [0.15, 0.2) is 6.61 Å². The van der Waals surface area contributed by atoms with Crippen LogP contribution in [0.15, 0.2) is 23.1 Å². The average Bonchev–Trinajstić information content (AvgIpc) is 2.61. The number of nitrogens with one attached hydrogen (secondary N) is 1. The zero-order valence-electron chi connectivity index (χ0n) is 13.6. The molecule has 25 heavy (non-hydrogen) atoms. The Kier molecular flexibility index (Phi) is 7.45. The van der Waals surface area contributed by atoms with Gasteiger partial charge in [-0.1, -0.05) is 11.6 Å². The quantitative estimate of drug-likeness (QED) is 0.614. The van der Waals surface area contributed by atoms with Crippen LogP contribution in [0, 0.1) is 0 Å². The van der Waals surface area contributed by atoms with Crippen LogP contribution in [0.5, 0.6) is 5.75 Å². The van der Waals surface area contributed by atoms with E-state index in [4.69, 9.17) is 26.2 Å². The first-order valence-electron chi connectivity index (χ1n) is 7.83. The molecular formula is C15H21ClN2O6S. The van der Waals surface area contributed by atoms with Crippen molar-refractivity contribution < 1.29 is 27.8 Å². The summed E-state index contributed by atoms with van der Waals surface area (Å²) in [6.07, 6.45) is 0.459. The molecular weight excluding hydrogens is 372 g/mol. The van der Waals surface area contributed by atoms with Crippen LogP contribution in [0.1, 0.15) is 6.42 Å². The first-order chi connectivity index (χ1) is 11.9. The summed E-state index contributed by atoms with van der Waals surface area (Å²) in [6.45, 7) is 1.41. The molecule has 8 nitrogen and oxygen atoms in total. The lowest BCUT2D eigenvalue weighted by molar-refractivity contribution is -0.123. The van der Waals surface area contributed by atoms with Crippen molar-refractivity contribution >= 4 is 27.5 Å². The van der Waals surface area contributed by atoms with E-state index in [2.05, 4.69) is 5.32 Å². The van der Waals surface area contributed by atoms with Crippen LogP contribution in [0.25, 0.3) is 0 Å². The van der Waals surface area contributed by atoms with Gasteiger partial charge < -0.3 is 19.9 Å². The molecule has 2 N–H and O–H groups in total. The normalized spacial score (nSPS) is 15.8. The van der Waals surface area contributed by atoms with Gasteiger partial charge in [0.1, 0.15) is 5.75 Å². The van der Waals surface area contributed by atoms with Crippen molar-refractivity contribution in [2.45, 2.75) is 11.3 Å². The minimum Gasteiger partial charge on any atom is -0.482 e. The summed E-state index contributed by atoms with van der Waals surface area (Å²) in [7, 11) is -3.64. The third-order valence-electron chi connectivity index (χ3n) is 3.53. The molecule has 1 aromatic rings. The molecule has 1 fully saturated rings. The number of amides is 1. The molecule has 0 unspecified atom stereocenters. The first-order valence-corrected chi connectivity index (χ1v) is 9.65. The highest BCUT2D eigenvalue weighted by Crippen LogP contribution is 2.29. The summed E-state index contributed by atoms with van der Waals surface area (Å²) in [6, 6.07) is 4.14. The van der Waals surface area contributed by atoms with Gasteiger partial charge in [0.25, 0.3) is 5.91 Å². The maximum Gasteiger partial charge on any atom is 0.257 e. The van der Waals surface area contributed by atoms with Gasteiger partial charge in [-0.2, -0.15) is 4.31 Å². The van der Waals surface area contributed by atoms with Gasteiger partial charge in [0, 0.05) is 26.2 Å². The second kappa shape index (κ2) is 9.35. The Labute approximate surface area is 151 Å². The summed E-state index contributed by atoms with van der Waals surface area (Å²) in [5.41, 5.74) is 0. The van der Waals surface area contributed by atoms with Gasteiger partial charge in [-0.3, -0.25) is 4.79 Å². The highest BCUT2D eigenvalue weighted by atomic mass is 35.5. The number of morpholine rings is 1. The van der Waals surface area contributed by atoms with Crippen LogP contribution in [-0.4, -0.2) is 69.8 Å². The largest absolute Gasteiger partial charge is 0.482 e. The third-order valence-corrected chi connectivity index (χ3v) is 5.72. The molecule has 140 valence electrons. The molecule has 1 amide bonds. The zero-order valence-corrected chi connectivity index (χ0v) is 15.2. The number of nitrogens with zero attached hydrogens (tertiary/aromatic N) is 1. The number of sulfonamides is 1. The lowest BCUT2D eigenvalue weighted by Crippen LogP contribution is -2.40. The van der Waals surface area contributed by atoms with E-state index in [9.17, 15) is 13.2 Å². The molecule has 0 spiro atoms. The highest BCUT2D eigenvalue weighted by molar-refractivity contribution is 7.89. The predicted octanol–water partition coefficient (Wildman–Crippen LogP) is 0.238. The zero-order chi connectivity index (χ0) is 18.3. The lowest BCUT2D eigenvalue weighted by Gasteiger charge is -2.26. The molecule has 2 rings (SSSR count). The summed E-state index contributed by atoms with van der Waals surface area (Å²) in [4.78, 5) is 11.6. The topological polar surface area (TPSA) is 105 Å². The average molecular weight is 393 g/mol. The Morgan fingerprint density at radius 1 is 1.36 bits per heavy atom. The Bertz CT molecular complexity index is 691. The second-order valence-corrected chi connectivity index (χ2v) is 7.67. The Hall–Kier alpha value is -1.39. The van der Waals surface area contributed by atoms with Crippen LogP contribution < -0.4 is 10.1 Å². The van der Waals surface area contributed by atoms with E-state index in [1.165, 1.54) is 22.5 Å². The number of hydrogen-bond donors (Lipinski definition) is 2. The fraction of sp³-hybridized carbons (Fsp3) is 0.533. The molecule has 0 aromatic heterocycles. The van der Waals surface area contributed by atoms with Crippen molar-refractivity contribution in [3.05, 3.63) is 23.2 Å². The van der Waals surface area contributed by atoms with Gasteiger partial charge in [0.05, 0.1) is 23.1 Å². The maximum atomic E-state index is 12.5. The van der Waals surface area contributed by atoms with E-state index in [1.54, 1.807) is 0 Å². The first kappa shape index (κ1) is 19.9. The monoisotopic (exact) mass is 392 g/mol. The maximum absolute atomic E-state index is 12.5. The van der Waals surface area contributed by atoms with E-state index < -0.39 is 10.0 Å². The van der Waals surface area contributed by atoms with Gasteiger partial charge in [-0.25, -0.2) is 8.42 Å². The highest BCUT2D eigenvalue weighted by Gasteiger charge is 2.27. The number of aliphatic hydroxyl groups excluding tert-OH is 1. The standard InChI is InChI=1S/C15H21ClN2O6S/c16-13-10-12(25(21,22)18-5-8-23-9-6-18)2-3-14(13)24-11-15(20)17-4-1-7-19/h2-3,10,19H,1,4-9,11H2,(H,17,20). The third kappa shape index (κ3) is 5.55. The Morgan fingerprint density at radius 2 is 2.08 bits per heavy atom. The number of ether oxygens (including phenoxy) is 2. The van der Waals surface area contributed by atoms with E-state index in [0.29, 0.717) is 39.3 Å². The molecule has 0 saturated carbocycles. The van der Waals surface area contributed by atoms with E-state index in [0.717, 1.165) is 0 Å². The lowest BCUT2D eigenvalue weighted by atomic mass is 10.3. The van der Waals surface area contributed by atoms with Gasteiger partial charge in [0.2, 0.25) is 10.0 Å². The molecule has 10 heteroatoms. The molecule has 1 aliphatic heterocycles. The van der Waals surface area contributed by atoms with E-state index >= 15 is 0 Å². The second-order valence-electron chi connectivity index (χ2n) is 5.32. The van der Waals surface area contributed by atoms with Crippen molar-refractivity contribution in [3.8, 4) is 5.75 Å². The van der Waals surface area contributed by atoms with E-state index in [1.807, 2.05) is 0 Å². The van der Waals surface area contributed by atoms with Gasteiger partial charge in [-0.15, -0.1) is 0 Å². The predicted molar refractivity (Wildman–Crippen MR) is 91.2 cm³/mol. The number of halogens is 1. The van der Waals surface area contributed by atoms with Crippen LogP contribution in [-0.2, 0) is 19.6 Å².